The molecule has 1 aromatic carbocycles. The number of aliphatic hydroxyl groups is 2. The minimum absolute atomic E-state index is 0.0282. The van der Waals surface area contributed by atoms with Crippen molar-refractivity contribution < 1.29 is 29.1 Å². The monoisotopic (exact) mass is 405 g/mol. The van der Waals surface area contributed by atoms with E-state index in [1.165, 1.54) is 6.92 Å². The molecule has 3 aliphatic rings. The summed E-state index contributed by atoms with van der Waals surface area (Å²) in [5.41, 5.74) is 11.4. The molecule has 0 saturated carbocycles. The third-order valence-corrected chi connectivity index (χ3v) is 5.57. The van der Waals surface area contributed by atoms with Crippen LogP contribution in [0.5, 0.6) is 0 Å². The topological polar surface area (TPSA) is 167 Å². The lowest BCUT2D eigenvalue weighted by atomic mass is 9.86. The SMILES string of the molecule is CC(=O)OC[C@@H]1NC(N)=[N+]2C[C@@H](OCc3ccccc3)C(O)(O)[C@@]23NC(N)=N[C@@H]13. The van der Waals surface area contributed by atoms with Crippen molar-refractivity contribution in [3.05, 3.63) is 35.9 Å². The number of nitrogens with two attached hydrogens (primary N) is 2. The van der Waals surface area contributed by atoms with E-state index in [1.807, 2.05) is 30.3 Å². The van der Waals surface area contributed by atoms with Crippen molar-refractivity contribution in [1.82, 2.24) is 10.6 Å². The van der Waals surface area contributed by atoms with Gasteiger partial charge in [0.25, 0.3) is 5.79 Å². The zero-order chi connectivity index (χ0) is 20.8. The number of ether oxygens (including phenoxy) is 2. The third kappa shape index (κ3) is 2.98. The first kappa shape index (κ1) is 19.4. The van der Waals surface area contributed by atoms with E-state index in [0.29, 0.717) is 0 Å². The number of rotatable bonds is 5. The maximum absolute atomic E-state index is 11.3. The fourth-order valence-corrected chi connectivity index (χ4v) is 4.26. The summed E-state index contributed by atoms with van der Waals surface area (Å²) < 4.78 is 12.5. The molecule has 3 aliphatic heterocycles. The van der Waals surface area contributed by atoms with Gasteiger partial charge in [0.1, 0.15) is 25.3 Å². The Morgan fingerprint density at radius 2 is 2.07 bits per heavy atom. The third-order valence-electron chi connectivity index (χ3n) is 5.57. The smallest absolute Gasteiger partial charge is 0.346 e. The lowest BCUT2D eigenvalue weighted by Gasteiger charge is -2.43. The Balaban J connectivity index is 1.64. The van der Waals surface area contributed by atoms with Crippen LogP contribution in [-0.4, -0.2) is 75.5 Å². The normalized spacial score (nSPS) is 32.0. The zero-order valence-corrected chi connectivity index (χ0v) is 15.9. The summed E-state index contributed by atoms with van der Waals surface area (Å²) in [7, 11) is 0. The largest absolute Gasteiger partial charge is 0.462 e. The molecule has 0 radical (unpaired) electrons. The summed E-state index contributed by atoms with van der Waals surface area (Å²) in [4.78, 5) is 15.6. The number of hydrogen-bond acceptors (Lipinski definition) is 10. The van der Waals surface area contributed by atoms with Crippen LogP contribution in [0.3, 0.4) is 0 Å². The molecule has 1 spiro atoms. The molecule has 1 saturated heterocycles. The van der Waals surface area contributed by atoms with E-state index < -0.39 is 35.6 Å². The van der Waals surface area contributed by atoms with Gasteiger partial charge >= 0.3 is 11.9 Å². The van der Waals surface area contributed by atoms with Gasteiger partial charge in [0, 0.05) is 6.92 Å². The Morgan fingerprint density at radius 3 is 2.76 bits per heavy atom. The van der Waals surface area contributed by atoms with Crippen molar-refractivity contribution in [2.24, 2.45) is 16.5 Å². The van der Waals surface area contributed by atoms with Crippen molar-refractivity contribution in [3.8, 4) is 0 Å². The maximum Gasteiger partial charge on any atom is 0.346 e. The van der Waals surface area contributed by atoms with Gasteiger partial charge in [-0.25, -0.2) is 9.57 Å². The van der Waals surface area contributed by atoms with Crippen LogP contribution < -0.4 is 22.1 Å². The highest BCUT2D eigenvalue weighted by Crippen LogP contribution is 2.42. The second kappa shape index (κ2) is 6.87. The number of nitrogens with one attached hydrogen (secondary N) is 2. The van der Waals surface area contributed by atoms with Crippen LogP contribution in [0.4, 0.5) is 0 Å². The molecule has 0 aliphatic carbocycles. The first-order valence-electron chi connectivity index (χ1n) is 9.27. The summed E-state index contributed by atoms with van der Waals surface area (Å²) in [6, 6.07) is 7.98. The molecule has 1 aromatic rings. The van der Waals surface area contributed by atoms with Gasteiger partial charge in [0.2, 0.25) is 5.66 Å². The Bertz CT molecular complexity index is 873. The van der Waals surface area contributed by atoms with E-state index in [9.17, 15) is 15.0 Å². The lowest BCUT2D eigenvalue weighted by Crippen LogP contribution is -2.78. The highest BCUT2D eigenvalue weighted by atomic mass is 16.6. The molecule has 1 fully saturated rings. The minimum Gasteiger partial charge on any atom is -0.462 e. The van der Waals surface area contributed by atoms with Gasteiger partial charge in [0.15, 0.2) is 12.0 Å². The van der Waals surface area contributed by atoms with Crippen LogP contribution in [0, 0.1) is 0 Å². The molecule has 0 unspecified atom stereocenters. The number of nitrogens with zero attached hydrogens (tertiary/aromatic N) is 2. The summed E-state index contributed by atoms with van der Waals surface area (Å²) in [5.74, 6) is -2.66. The van der Waals surface area contributed by atoms with Crippen LogP contribution in [0.15, 0.2) is 35.3 Å². The molecule has 29 heavy (non-hydrogen) atoms. The molecule has 11 nitrogen and oxygen atoms in total. The fraction of sp³-hybridized carbons (Fsp3) is 0.500. The first-order valence-corrected chi connectivity index (χ1v) is 9.27. The van der Waals surface area contributed by atoms with Crippen molar-refractivity contribution in [2.45, 2.75) is 43.2 Å². The quantitative estimate of drug-likeness (QED) is 0.171. The summed E-state index contributed by atoms with van der Waals surface area (Å²) in [6.07, 6.45) is -1.01. The molecule has 8 N–H and O–H groups in total. The molecular formula is C18H25N6O5+. The second-order valence-corrected chi connectivity index (χ2v) is 7.41. The van der Waals surface area contributed by atoms with Crippen LogP contribution in [0.1, 0.15) is 12.5 Å². The zero-order valence-electron chi connectivity index (χ0n) is 15.9. The number of carbonyl (C=O) groups excluding carboxylic acids is 1. The fourth-order valence-electron chi connectivity index (χ4n) is 4.26. The van der Waals surface area contributed by atoms with E-state index >= 15 is 0 Å². The number of aliphatic imine (C=N–C) groups is 1. The van der Waals surface area contributed by atoms with Gasteiger partial charge in [-0.1, -0.05) is 30.3 Å². The van der Waals surface area contributed by atoms with Gasteiger partial charge in [0.05, 0.1) is 6.61 Å². The molecule has 0 amide bonds. The van der Waals surface area contributed by atoms with E-state index in [-0.39, 0.29) is 31.7 Å². The van der Waals surface area contributed by atoms with Gasteiger partial charge in [-0.15, -0.1) is 0 Å². The minimum atomic E-state index is -2.39. The van der Waals surface area contributed by atoms with Crippen molar-refractivity contribution in [2.75, 3.05) is 13.2 Å². The van der Waals surface area contributed by atoms with Gasteiger partial charge in [-0.05, 0) is 5.56 Å². The van der Waals surface area contributed by atoms with E-state index in [0.717, 1.165) is 5.56 Å². The second-order valence-electron chi connectivity index (χ2n) is 7.41. The average molecular weight is 405 g/mol. The van der Waals surface area contributed by atoms with Crippen molar-refractivity contribution >= 4 is 17.9 Å². The first-order chi connectivity index (χ1) is 13.8. The van der Waals surface area contributed by atoms with Crippen LogP contribution in [0.25, 0.3) is 0 Å². The Morgan fingerprint density at radius 1 is 1.34 bits per heavy atom. The molecule has 0 bridgehead atoms. The number of esters is 1. The highest BCUT2D eigenvalue weighted by Gasteiger charge is 2.75. The predicted molar refractivity (Wildman–Crippen MR) is 101 cm³/mol. The Hall–Kier alpha value is -2.89. The maximum atomic E-state index is 11.3. The summed E-state index contributed by atoms with van der Waals surface area (Å²) >= 11 is 0. The Labute approximate surface area is 167 Å². The van der Waals surface area contributed by atoms with Gasteiger partial charge in [-0.3, -0.25) is 15.8 Å². The number of hydrogen-bond donors (Lipinski definition) is 6. The Kier molecular flexibility index (Phi) is 4.60. The molecular weight excluding hydrogens is 380 g/mol. The number of carbonyl (C=O) groups is 1. The predicted octanol–water partition coefficient (Wildman–Crippen LogP) is -2.89. The van der Waals surface area contributed by atoms with Gasteiger partial charge in [-0.2, -0.15) is 0 Å². The standard InChI is InChI=1S/C18H24N6O5/c1-10(25)28-9-12-14-17(23-15(19)22-14)18(26,27)13(7-24(17)16(20)21-12)29-8-11-5-3-2-4-6-11/h2-6,12-14,26-27H,7-9H2,1H3,(H5,19,20,21,22,23)/p+1/t12-,13+,14-,17-/m0/s1. The molecule has 11 heteroatoms. The van der Waals surface area contributed by atoms with Crippen LogP contribution in [-0.2, 0) is 20.9 Å². The molecule has 0 aromatic heterocycles. The molecule has 156 valence electrons. The molecule has 3 heterocycles. The lowest BCUT2D eigenvalue weighted by molar-refractivity contribution is -0.623. The van der Waals surface area contributed by atoms with Crippen molar-refractivity contribution in [3.63, 3.8) is 0 Å². The highest BCUT2D eigenvalue weighted by molar-refractivity contribution is 5.83. The van der Waals surface area contributed by atoms with Crippen LogP contribution in [0.2, 0.25) is 0 Å². The van der Waals surface area contributed by atoms with E-state index in [2.05, 4.69) is 15.6 Å². The molecule has 4 atom stereocenters. The van der Waals surface area contributed by atoms with E-state index in [1.54, 1.807) is 4.58 Å². The average Bonchev–Trinajstić information content (AvgIpc) is 3.14. The number of benzene rings is 1. The summed E-state index contributed by atoms with van der Waals surface area (Å²) in [6.45, 7) is 1.49. The van der Waals surface area contributed by atoms with Crippen LogP contribution >= 0.6 is 0 Å². The number of guanidine groups is 2. The van der Waals surface area contributed by atoms with Crippen molar-refractivity contribution in [1.29, 1.82) is 0 Å². The summed E-state index contributed by atoms with van der Waals surface area (Å²) in [5, 5.41) is 28.3. The molecule has 4 rings (SSSR count). The van der Waals surface area contributed by atoms with Gasteiger partial charge < -0.3 is 30.7 Å². The van der Waals surface area contributed by atoms with E-state index in [4.69, 9.17) is 20.9 Å².